The first-order valence-electron chi connectivity index (χ1n) is 11.3. The largest absolute Gasteiger partial charge is 0.383 e. The monoisotopic (exact) mass is 425 g/mol. The molecule has 1 saturated carbocycles. The number of ether oxygens (including phenoxy) is 1. The van der Waals surface area contributed by atoms with Crippen LogP contribution in [0.15, 0.2) is 23.0 Å². The maximum atomic E-state index is 13.0. The molecule has 0 amide bonds. The smallest absolute Gasteiger partial charge is 0.257 e. The molecule has 1 atom stereocenters. The van der Waals surface area contributed by atoms with Gasteiger partial charge in [0.05, 0.1) is 24.8 Å². The highest BCUT2D eigenvalue weighted by molar-refractivity contribution is 5.83. The summed E-state index contributed by atoms with van der Waals surface area (Å²) in [5, 5.41) is 13.4. The van der Waals surface area contributed by atoms with Crippen molar-refractivity contribution < 1.29 is 9.64 Å². The molecule has 8 nitrogen and oxygen atoms in total. The van der Waals surface area contributed by atoms with Gasteiger partial charge >= 0.3 is 0 Å². The molecule has 166 valence electrons. The fourth-order valence-electron chi connectivity index (χ4n) is 4.86. The molecule has 0 bridgehead atoms. The number of pyridine rings is 1. The van der Waals surface area contributed by atoms with Crippen LogP contribution in [-0.2, 0) is 24.4 Å². The second-order valence-corrected chi connectivity index (χ2v) is 8.82. The maximum Gasteiger partial charge on any atom is 0.257 e. The van der Waals surface area contributed by atoms with Gasteiger partial charge in [0.1, 0.15) is 13.1 Å². The van der Waals surface area contributed by atoms with Gasteiger partial charge in [0.2, 0.25) is 5.82 Å². The standard InChI is InChI=1S/C23H32N6O2/c1-16-11-17(2)20-13-18(23(30)24-21(20)12-16)14-28(19-7-5-4-6-8-19)15-22-25-26-27-29(22)9-10-31-3/h11-13,19H,4-10,14-15H2,1-3H3,(H,24,30)/p+1. The molecule has 2 aromatic heterocycles. The third kappa shape index (κ3) is 5.02. The number of quaternary nitrogens is 1. The molecule has 31 heavy (non-hydrogen) atoms. The Kier molecular flexibility index (Phi) is 6.77. The predicted octanol–water partition coefficient (Wildman–Crippen LogP) is 1.70. The van der Waals surface area contributed by atoms with Crippen LogP contribution in [0.1, 0.15) is 54.6 Å². The number of fused-ring (bicyclic) bond motifs is 1. The number of nitrogens with zero attached hydrogens (tertiary/aromatic N) is 4. The summed E-state index contributed by atoms with van der Waals surface area (Å²) in [6.45, 7) is 6.73. The SMILES string of the molecule is COCCn1nnnc1C[NH+](Cc1cc2c(C)cc(C)cc2[nH]c1=O)C1CCCCC1. The van der Waals surface area contributed by atoms with E-state index in [9.17, 15) is 4.79 Å². The van der Waals surface area contributed by atoms with Crippen molar-refractivity contribution >= 4 is 10.9 Å². The van der Waals surface area contributed by atoms with E-state index in [1.807, 2.05) is 10.7 Å². The first kappa shape index (κ1) is 21.6. The number of hydrogen-bond donors (Lipinski definition) is 2. The molecule has 1 unspecified atom stereocenters. The summed E-state index contributed by atoms with van der Waals surface area (Å²) >= 11 is 0. The number of benzene rings is 1. The molecular formula is C23H33N6O2+. The van der Waals surface area contributed by atoms with E-state index in [1.54, 1.807) is 7.11 Å². The number of methoxy groups -OCH3 is 1. The second-order valence-electron chi connectivity index (χ2n) is 8.82. The number of aromatic amines is 1. The number of nitrogens with one attached hydrogen (secondary N) is 2. The van der Waals surface area contributed by atoms with Gasteiger partial charge < -0.3 is 14.6 Å². The summed E-state index contributed by atoms with van der Waals surface area (Å²) in [6.07, 6.45) is 6.15. The molecule has 1 aromatic carbocycles. The van der Waals surface area contributed by atoms with Crippen LogP contribution in [0.2, 0.25) is 0 Å². The summed E-state index contributed by atoms with van der Waals surface area (Å²) in [7, 11) is 1.68. The van der Waals surface area contributed by atoms with E-state index in [2.05, 4.69) is 46.5 Å². The highest BCUT2D eigenvalue weighted by Gasteiger charge is 2.28. The van der Waals surface area contributed by atoms with Crippen molar-refractivity contribution in [1.82, 2.24) is 25.2 Å². The lowest BCUT2D eigenvalue weighted by Gasteiger charge is -2.31. The minimum absolute atomic E-state index is 0.00443. The van der Waals surface area contributed by atoms with Crippen molar-refractivity contribution in [3.05, 3.63) is 51.1 Å². The molecule has 0 spiro atoms. The van der Waals surface area contributed by atoms with Gasteiger partial charge in [-0.25, -0.2) is 4.68 Å². The van der Waals surface area contributed by atoms with Gasteiger partial charge in [-0.05, 0) is 73.2 Å². The van der Waals surface area contributed by atoms with Crippen molar-refractivity contribution in [1.29, 1.82) is 0 Å². The number of rotatable bonds is 8. The summed E-state index contributed by atoms with van der Waals surface area (Å²) < 4.78 is 7.02. The Morgan fingerprint density at radius 3 is 2.74 bits per heavy atom. The zero-order valence-corrected chi connectivity index (χ0v) is 18.8. The molecule has 1 aliphatic rings. The minimum Gasteiger partial charge on any atom is -0.383 e. The molecule has 1 aliphatic carbocycles. The number of H-pyrrole nitrogens is 1. The normalized spacial score (nSPS) is 16.1. The van der Waals surface area contributed by atoms with Crippen molar-refractivity contribution in [3.8, 4) is 0 Å². The molecule has 0 aliphatic heterocycles. The fraction of sp³-hybridized carbons (Fsp3) is 0.565. The summed E-state index contributed by atoms with van der Waals surface area (Å²) in [6, 6.07) is 6.80. The maximum absolute atomic E-state index is 13.0. The van der Waals surface area contributed by atoms with Gasteiger partial charge in [-0.2, -0.15) is 0 Å². The Labute approximate surface area is 182 Å². The van der Waals surface area contributed by atoms with Crippen LogP contribution in [0.3, 0.4) is 0 Å². The van der Waals surface area contributed by atoms with E-state index in [0.717, 1.165) is 27.9 Å². The number of hydrogen-bond acceptors (Lipinski definition) is 5. The summed E-state index contributed by atoms with van der Waals surface area (Å²) in [4.78, 5) is 17.4. The van der Waals surface area contributed by atoms with E-state index >= 15 is 0 Å². The lowest BCUT2D eigenvalue weighted by molar-refractivity contribution is -0.954. The lowest BCUT2D eigenvalue weighted by Crippen LogP contribution is -3.13. The highest BCUT2D eigenvalue weighted by Crippen LogP contribution is 2.19. The number of aromatic nitrogens is 5. The number of aryl methyl sites for hydroxylation is 2. The predicted molar refractivity (Wildman–Crippen MR) is 119 cm³/mol. The van der Waals surface area contributed by atoms with Crippen molar-refractivity contribution in [3.63, 3.8) is 0 Å². The Hall–Kier alpha value is -2.58. The Morgan fingerprint density at radius 1 is 1.16 bits per heavy atom. The van der Waals surface area contributed by atoms with Crippen LogP contribution in [0.25, 0.3) is 10.9 Å². The Balaban J connectivity index is 1.64. The first-order valence-corrected chi connectivity index (χ1v) is 11.3. The van der Waals surface area contributed by atoms with E-state index < -0.39 is 0 Å². The Bertz CT molecular complexity index is 1080. The average molecular weight is 426 g/mol. The van der Waals surface area contributed by atoms with Crippen LogP contribution < -0.4 is 10.5 Å². The van der Waals surface area contributed by atoms with Gasteiger partial charge in [-0.1, -0.05) is 12.5 Å². The van der Waals surface area contributed by atoms with Gasteiger partial charge in [0.15, 0.2) is 0 Å². The molecule has 8 heteroatoms. The van der Waals surface area contributed by atoms with Crippen molar-refractivity contribution in [2.24, 2.45) is 0 Å². The van der Waals surface area contributed by atoms with Crippen LogP contribution in [0, 0.1) is 13.8 Å². The zero-order chi connectivity index (χ0) is 21.8. The molecule has 2 heterocycles. The van der Waals surface area contributed by atoms with E-state index in [4.69, 9.17) is 4.74 Å². The van der Waals surface area contributed by atoms with Crippen molar-refractivity contribution in [2.45, 2.75) is 71.6 Å². The van der Waals surface area contributed by atoms with Crippen LogP contribution in [0.5, 0.6) is 0 Å². The summed E-state index contributed by atoms with van der Waals surface area (Å²) in [5.74, 6) is 0.849. The molecule has 4 rings (SSSR count). The zero-order valence-electron chi connectivity index (χ0n) is 18.8. The van der Waals surface area contributed by atoms with Crippen LogP contribution >= 0.6 is 0 Å². The third-order valence-corrected chi connectivity index (χ3v) is 6.49. The Morgan fingerprint density at radius 2 is 1.97 bits per heavy atom. The molecule has 1 fully saturated rings. The molecule has 3 aromatic rings. The fourth-order valence-corrected chi connectivity index (χ4v) is 4.86. The number of tetrazole rings is 1. The van der Waals surface area contributed by atoms with Crippen molar-refractivity contribution in [2.75, 3.05) is 13.7 Å². The van der Waals surface area contributed by atoms with Gasteiger partial charge in [-0.15, -0.1) is 5.10 Å². The van der Waals surface area contributed by atoms with Gasteiger partial charge in [0.25, 0.3) is 5.56 Å². The highest BCUT2D eigenvalue weighted by atomic mass is 16.5. The van der Waals surface area contributed by atoms with E-state index in [0.29, 0.717) is 32.3 Å². The molecule has 0 saturated heterocycles. The van der Waals surface area contributed by atoms with Crippen LogP contribution in [-0.4, -0.2) is 44.9 Å². The quantitative estimate of drug-likeness (QED) is 0.573. The molecule has 0 radical (unpaired) electrons. The summed E-state index contributed by atoms with van der Waals surface area (Å²) in [5.41, 5.74) is 4.09. The van der Waals surface area contributed by atoms with Gasteiger partial charge in [0, 0.05) is 18.0 Å². The average Bonchev–Trinajstić information content (AvgIpc) is 3.20. The lowest BCUT2D eigenvalue weighted by atomic mass is 9.93. The first-order chi connectivity index (χ1) is 15.0. The van der Waals surface area contributed by atoms with Gasteiger partial charge in [-0.3, -0.25) is 4.79 Å². The third-order valence-electron chi connectivity index (χ3n) is 6.49. The van der Waals surface area contributed by atoms with E-state index in [-0.39, 0.29) is 5.56 Å². The topological polar surface area (TPSA) is 90.1 Å². The molecule has 2 N–H and O–H groups in total. The van der Waals surface area contributed by atoms with E-state index in [1.165, 1.54) is 42.6 Å². The second kappa shape index (κ2) is 9.70. The minimum atomic E-state index is 0.00443. The molecular weight excluding hydrogens is 392 g/mol. The van der Waals surface area contributed by atoms with Crippen LogP contribution in [0.4, 0.5) is 0 Å².